The van der Waals surface area contributed by atoms with E-state index in [9.17, 15) is 23.6 Å². The van der Waals surface area contributed by atoms with Gasteiger partial charge in [0.15, 0.2) is 0 Å². The van der Waals surface area contributed by atoms with Gasteiger partial charge in [-0.15, -0.1) is 0 Å². The second kappa shape index (κ2) is 18.8. The highest BCUT2D eigenvalue weighted by Crippen LogP contribution is 2.30. The van der Waals surface area contributed by atoms with Gasteiger partial charge in [0.05, 0.1) is 36.4 Å². The molecule has 0 radical (unpaired) electrons. The van der Waals surface area contributed by atoms with Crippen molar-refractivity contribution in [2.75, 3.05) is 14.2 Å². The molecule has 2 aromatic heterocycles. The van der Waals surface area contributed by atoms with Gasteiger partial charge in [-0.1, -0.05) is 35.4 Å². The Morgan fingerprint density at radius 3 is 1.56 bits per heavy atom. The number of nitrogens with zero attached hydrogens (tertiary/aromatic N) is 2. The summed E-state index contributed by atoms with van der Waals surface area (Å²) in [6.07, 6.45) is 2.97. The van der Waals surface area contributed by atoms with Crippen LogP contribution in [-0.4, -0.2) is 57.1 Å². The topological polar surface area (TPSA) is 156 Å². The minimum Gasteiger partial charge on any atom is -0.497 e. The first-order valence-electron chi connectivity index (χ1n) is 19.2. The quantitative estimate of drug-likeness (QED) is 0.0797. The highest BCUT2D eigenvalue weighted by atomic mass is 35.5. The molecule has 8 aromatic rings. The lowest BCUT2D eigenvalue weighted by Crippen LogP contribution is -2.12. The fourth-order valence-corrected chi connectivity index (χ4v) is 7.09. The van der Waals surface area contributed by atoms with Gasteiger partial charge in [-0.2, -0.15) is 0 Å². The number of aromatic nitrogens is 2. The number of carbonyl (C=O) groups excluding carboxylic acids is 2. The summed E-state index contributed by atoms with van der Waals surface area (Å²) in [6, 6.07) is 36.9. The second-order valence-corrected chi connectivity index (χ2v) is 14.6. The Kier molecular flexibility index (Phi) is 12.9. The lowest BCUT2D eigenvalue weighted by Gasteiger charge is -2.11. The molecule has 12 nitrogen and oxygen atoms in total. The number of ketones is 2. The van der Waals surface area contributed by atoms with E-state index in [1.807, 2.05) is 90.4 Å². The Hall–Kier alpha value is -7.90. The molecule has 0 saturated carbocycles. The van der Waals surface area contributed by atoms with Gasteiger partial charge in [0, 0.05) is 45.6 Å². The van der Waals surface area contributed by atoms with Gasteiger partial charge in [-0.05, 0) is 121 Å². The van der Waals surface area contributed by atoms with Crippen LogP contribution in [0.1, 0.15) is 37.4 Å². The summed E-state index contributed by atoms with van der Waals surface area (Å²) in [5.41, 5.74) is 5.60. The Labute approximate surface area is 364 Å². The summed E-state index contributed by atoms with van der Waals surface area (Å²) in [7, 11) is 3.15. The average molecular weight is 869 g/mol. The van der Waals surface area contributed by atoms with Crippen LogP contribution in [0.4, 0.5) is 4.39 Å². The van der Waals surface area contributed by atoms with Crippen LogP contribution in [0.25, 0.3) is 33.2 Å². The third kappa shape index (κ3) is 9.85. The number of methoxy groups -OCH3 is 2. The number of aryl methyl sites for hydroxylation is 1. The minimum absolute atomic E-state index is 0.0794. The van der Waals surface area contributed by atoms with Gasteiger partial charge >= 0.3 is 11.9 Å². The number of carboxylic acids is 2. The minimum atomic E-state index is -1.60. The smallest absolute Gasteiger partial charge is 0.377 e. The first-order valence-corrected chi connectivity index (χ1v) is 19.6. The molecule has 0 saturated heterocycles. The van der Waals surface area contributed by atoms with Crippen LogP contribution >= 0.6 is 11.6 Å². The molecule has 0 aliphatic carbocycles. The molecule has 0 aliphatic rings. The lowest BCUT2D eigenvalue weighted by molar-refractivity contribution is -0.132. The predicted molar refractivity (Wildman–Crippen MR) is 235 cm³/mol. The van der Waals surface area contributed by atoms with Gasteiger partial charge in [0.25, 0.3) is 11.6 Å². The number of benzene rings is 6. The SMILES string of the molecule is COc1cc(COc2ccc(-n3cc(C(=O)C(=O)O)c4cc(F)ccc43)cc2)cc(OC)c1.Cc1ccc2c(c1)c(C(=O)C(=O)O)cn2-c1ccc(OCc2cccc(Cl)c2)cc1. The zero-order valence-electron chi connectivity index (χ0n) is 34.0. The van der Waals surface area contributed by atoms with Crippen molar-refractivity contribution in [1.82, 2.24) is 9.13 Å². The van der Waals surface area contributed by atoms with Crippen LogP contribution in [0, 0.1) is 12.7 Å². The second-order valence-electron chi connectivity index (χ2n) is 14.2. The number of rotatable bonds is 14. The van der Waals surface area contributed by atoms with Crippen molar-refractivity contribution in [3.8, 4) is 34.4 Å². The molecular formula is C49H38ClFN2O10. The maximum absolute atomic E-state index is 13.8. The van der Waals surface area contributed by atoms with Crippen molar-refractivity contribution >= 4 is 56.9 Å². The highest BCUT2D eigenvalue weighted by Gasteiger charge is 2.23. The summed E-state index contributed by atoms with van der Waals surface area (Å²) in [4.78, 5) is 46.7. The normalized spacial score (nSPS) is 10.8. The van der Waals surface area contributed by atoms with E-state index in [-0.39, 0.29) is 23.1 Å². The number of carbonyl (C=O) groups is 4. The molecule has 8 rings (SSSR count). The first-order chi connectivity index (χ1) is 30.3. The van der Waals surface area contributed by atoms with Crippen molar-refractivity contribution in [3.05, 3.63) is 178 Å². The van der Waals surface area contributed by atoms with Gasteiger partial charge in [-0.25, -0.2) is 14.0 Å². The van der Waals surface area contributed by atoms with E-state index >= 15 is 0 Å². The molecule has 2 N–H and O–H groups in total. The van der Waals surface area contributed by atoms with Crippen LogP contribution in [0.5, 0.6) is 23.0 Å². The van der Waals surface area contributed by atoms with Crippen LogP contribution in [0.15, 0.2) is 140 Å². The van der Waals surface area contributed by atoms with E-state index in [4.69, 9.17) is 40.8 Å². The first kappa shape index (κ1) is 43.2. The zero-order valence-corrected chi connectivity index (χ0v) is 34.8. The molecule has 0 aliphatic heterocycles. The maximum atomic E-state index is 13.8. The Balaban J connectivity index is 0.000000190. The van der Waals surface area contributed by atoms with Gasteiger partial charge in [-0.3, -0.25) is 9.59 Å². The number of fused-ring (bicyclic) bond motifs is 2. The molecule has 0 unspecified atom stereocenters. The van der Waals surface area contributed by atoms with Gasteiger partial charge in [0.2, 0.25) is 0 Å². The molecule has 0 fully saturated rings. The molecule has 318 valence electrons. The predicted octanol–water partition coefficient (Wildman–Crippen LogP) is 10.1. The molecule has 0 atom stereocenters. The standard InChI is InChI=1S/C25H20FNO6.C24H18ClNO4/c1-31-19-9-15(10-20(12-19)32-2)14-33-18-6-4-17(5-7-18)27-13-22(24(28)25(29)30)21-11-16(26)3-8-23(21)27;1-15-5-10-22-20(11-15)21(23(27)24(28)29)13-26(22)18-6-8-19(9-7-18)30-14-16-3-2-4-17(25)12-16/h3-13H,14H2,1-2H3,(H,29,30);2-13H,14H2,1H3,(H,28,29). The van der Waals surface area contributed by atoms with Crippen LogP contribution in [0.2, 0.25) is 5.02 Å². The van der Waals surface area contributed by atoms with Crippen molar-refractivity contribution in [2.24, 2.45) is 0 Å². The highest BCUT2D eigenvalue weighted by molar-refractivity contribution is 6.43. The van der Waals surface area contributed by atoms with Gasteiger partial charge in [0.1, 0.15) is 42.0 Å². The number of hydrogen-bond donors (Lipinski definition) is 2. The third-order valence-corrected chi connectivity index (χ3v) is 10.2. The number of hydrogen-bond acceptors (Lipinski definition) is 8. The van der Waals surface area contributed by atoms with Crippen LogP contribution < -0.4 is 18.9 Å². The Morgan fingerprint density at radius 1 is 0.571 bits per heavy atom. The number of ether oxygens (including phenoxy) is 4. The number of Topliss-reactive ketones (excluding diaryl/α,β-unsaturated/α-hetero) is 2. The van der Waals surface area contributed by atoms with Crippen molar-refractivity contribution in [2.45, 2.75) is 20.1 Å². The summed E-state index contributed by atoms with van der Waals surface area (Å²) >= 11 is 6.00. The van der Waals surface area contributed by atoms with Crippen LogP contribution in [0.3, 0.4) is 0 Å². The number of halogens is 2. The monoisotopic (exact) mass is 868 g/mol. The molecule has 63 heavy (non-hydrogen) atoms. The van der Waals surface area contributed by atoms with Crippen molar-refractivity contribution in [1.29, 1.82) is 0 Å². The Morgan fingerprint density at radius 2 is 1.06 bits per heavy atom. The van der Waals surface area contributed by atoms with Gasteiger partial charge < -0.3 is 38.3 Å². The summed E-state index contributed by atoms with van der Waals surface area (Å²) < 4.78 is 39.4. The fraction of sp³-hybridized carbons (Fsp3) is 0.102. The molecule has 0 bridgehead atoms. The molecule has 2 heterocycles. The zero-order chi connectivity index (χ0) is 44.8. The molecule has 14 heteroatoms. The van der Waals surface area contributed by atoms with Crippen molar-refractivity contribution in [3.63, 3.8) is 0 Å². The summed E-state index contributed by atoms with van der Waals surface area (Å²) in [6.45, 7) is 2.58. The van der Waals surface area contributed by atoms with E-state index in [0.29, 0.717) is 51.2 Å². The average Bonchev–Trinajstić information content (AvgIpc) is 3.85. The summed E-state index contributed by atoms with van der Waals surface area (Å²) in [5, 5.41) is 19.8. The maximum Gasteiger partial charge on any atom is 0.377 e. The number of carboxylic acid groups (broad SMARTS) is 2. The molecule has 0 amide bonds. The van der Waals surface area contributed by atoms with E-state index in [1.165, 1.54) is 18.3 Å². The van der Waals surface area contributed by atoms with E-state index in [2.05, 4.69) is 0 Å². The van der Waals surface area contributed by atoms with Crippen molar-refractivity contribution < 1.29 is 52.7 Å². The lowest BCUT2D eigenvalue weighted by atomic mass is 10.1. The van der Waals surface area contributed by atoms with E-state index in [1.54, 1.807) is 55.3 Å². The Bertz CT molecular complexity index is 2990. The number of aliphatic carboxylic acids is 2. The molecule has 0 spiro atoms. The fourth-order valence-electron chi connectivity index (χ4n) is 6.88. The van der Waals surface area contributed by atoms with E-state index < -0.39 is 29.3 Å². The summed E-state index contributed by atoms with van der Waals surface area (Å²) in [5.74, 6) is -3.05. The largest absolute Gasteiger partial charge is 0.497 e. The molecular weight excluding hydrogens is 831 g/mol. The third-order valence-electron chi connectivity index (χ3n) is 9.95. The molecule has 6 aromatic carbocycles. The van der Waals surface area contributed by atoms with E-state index in [0.717, 1.165) is 34.0 Å². The van der Waals surface area contributed by atoms with Crippen LogP contribution in [-0.2, 0) is 22.8 Å².